The molecule has 1 heterocycles. The van der Waals surface area contributed by atoms with Gasteiger partial charge in [-0.2, -0.15) is 0 Å². The van der Waals surface area contributed by atoms with Crippen molar-refractivity contribution < 1.29 is 0 Å². The summed E-state index contributed by atoms with van der Waals surface area (Å²) in [7, 11) is 0. The van der Waals surface area contributed by atoms with E-state index in [9.17, 15) is 0 Å². The van der Waals surface area contributed by atoms with Crippen molar-refractivity contribution in [3.8, 4) is 0 Å². The van der Waals surface area contributed by atoms with Crippen molar-refractivity contribution in [2.75, 3.05) is 6.54 Å². The van der Waals surface area contributed by atoms with Gasteiger partial charge in [-0.05, 0) is 37.6 Å². The maximum Gasteiger partial charge on any atom is 0.0890 e. The van der Waals surface area contributed by atoms with E-state index in [0.717, 1.165) is 23.1 Å². The fraction of sp³-hybridized carbons (Fsp3) is 0.385. The standard InChI is InChI=1S/C11H13N3.C2H6/c1-8-7-13-11-6-9(4-5-12)2-3-10(11)14-8;1-2/h2-3,6-7H,4-5,12H2,1H3;1-2H3. The average molecular weight is 217 g/mol. The molecule has 16 heavy (non-hydrogen) atoms. The number of benzene rings is 1. The fourth-order valence-corrected chi connectivity index (χ4v) is 1.47. The number of aromatic nitrogens is 2. The number of rotatable bonds is 2. The summed E-state index contributed by atoms with van der Waals surface area (Å²) < 4.78 is 0. The minimum Gasteiger partial charge on any atom is -0.330 e. The molecule has 2 aromatic rings. The highest BCUT2D eigenvalue weighted by atomic mass is 14.8. The minimum absolute atomic E-state index is 0.671. The molecule has 2 N–H and O–H groups in total. The molecule has 2 rings (SSSR count). The number of fused-ring (bicyclic) bond motifs is 1. The normalized spacial score (nSPS) is 9.75. The van der Waals surface area contributed by atoms with Crippen LogP contribution in [0.25, 0.3) is 11.0 Å². The van der Waals surface area contributed by atoms with Crippen LogP contribution in [0.5, 0.6) is 0 Å². The second kappa shape index (κ2) is 6.18. The van der Waals surface area contributed by atoms with Crippen LogP contribution in [0.3, 0.4) is 0 Å². The van der Waals surface area contributed by atoms with Crippen LogP contribution in [0.4, 0.5) is 0 Å². The third-order valence-electron chi connectivity index (χ3n) is 2.16. The van der Waals surface area contributed by atoms with Crippen LogP contribution in [0.1, 0.15) is 25.1 Å². The van der Waals surface area contributed by atoms with Gasteiger partial charge < -0.3 is 5.73 Å². The molecule has 86 valence electrons. The van der Waals surface area contributed by atoms with Crippen LogP contribution >= 0.6 is 0 Å². The van der Waals surface area contributed by atoms with E-state index in [-0.39, 0.29) is 0 Å². The van der Waals surface area contributed by atoms with E-state index < -0.39 is 0 Å². The molecule has 0 aliphatic carbocycles. The molecule has 0 aliphatic heterocycles. The van der Waals surface area contributed by atoms with E-state index in [2.05, 4.69) is 22.1 Å². The van der Waals surface area contributed by atoms with Gasteiger partial charge in [0.15, 0.2) is 0 Å². The Morgan fingerprint density at radius 2 is 1.94 bits per heavy atom. The molecule has 0 amide bonds. The van der Waals surface area contributed by atoms with E-state index in [4.69, 9.17) is 5.73 Å². The maximum absolute atomic E-state index is 5.49. The van der Waals surface area contributed by atoms with Gasteiger partial charge in [-0.3, -0.25) is 4.98 Å². The smallest absolute Gasteiger partial charge is 0.0890 e. The Kier molecular flexibility index (Phi) is 4.86. The van der Waals surface area contributed by atoms with E-state index in [1.807, 2.05) is 26.8 Å². The van der Waals surface area contributed by atoms with Gasteiger partial charge in [0, 0.05) is 6.20 Å². The number of aryl methyl sites for hydroxylation is 1. The van der Waals surface area contributed by atoms with Crippen molar-refractivity contribution in [3.05, 3.63) is 35.7 Å². The summed E-state index contributed by atoms with van der Waals surface area (Å²) >= 11 is 0. The predicted molar refractivity (Wildman–Crippen MR) is 68.4 cm³/mol. The minimum atomic E-state index is 0.671. The van der Waals surface area contributed by atoms with Crippen molar-refractivity contribution in [1.82, 2.24) is 9.97 Å². The van der Waals surface area contributed by atoms with Crippen molar-refractivity contribution in [3.63, 3.8) is 0 Å². The molecule has 0 unspecified atom stereocenters. The molecule has 0 atom stereocenters. The van der Waals surface area contributed by atoms with E-state index in [1.54, 1.807) is 6.20 Å². The van der Waals surface area contributed by atoms with Gasteiger partial charge in [-0.1, -0.05) is 19.9 Å². The third kappa shape index (κ3) is 3.00. The molecule has 0 fully saturated rings. The molecular weight excluding hydrogens is 198 g/mol. The number of hydrogen-bond acceptors (Lipinski definition) is 3. The van der Waals surface area contributed by atoms with Gasteiger partial charge in [0.1, 0.15) is 0 Å². The molecule has 0 radical (unpaired) electrons. The molecule has 0 saturated heterocycles. The van der Waals surface area contributed by atoms with Crippen LogP contribution in [0.2, 0.25) is 0 Å². The summed E-state index contributed by atoms with van der Waals surface area (Å²) in [6, 6.07) is 6.11. The van der Waals surface area contributed by atoms with E-state index in [1.165, 1.54) is 5.56 Å². The van der Waals surface area contributed by atoms with Gasteiger partial charge in [-0.25, -0.2) is 4.98 Å². The highest BCUT2D eigenvalue weighted by molar-refractivity contribution is 5.74. The summed E-state index contributed by atoms with van der Waals surface area (Å²) in [4.78, 5) is 8.70. The average Bonchev–Trinajstić information content (AvgIpc) is 2.32. The monoisotopic (exact) mass is 217 g/mol. The van der Waals surface area contributed by atoms with Gasteiger partial charge in [0.05, 0.1) is 16.7 Å². The van der Waals surface area contributed by atoms with E-state index in [0.29, 0.717) is 6.54 Å². The molecule has 1 aromatic carbocycles. The Labute approximate surface area is 96.7 Å². The van der Waals surface area contributed by atoms with Crippen LogP contribution in [0, 0.1) is 6.92 Å². The van der Waals surface area contributed by atoms with Gasteiger partial charge in [-0.15, -0.1) is 0 Å². The lowest BCUT2D eigenvalue weighted by Gasteiger charge is -2.01. The third-order valence-corrected chi connectivity index (χ3v) is 2.16. The van der Waals surface area contributed by atoms with Crippen molar-refractivity contribution in [2.45, 2.75) is 27.2 Å². The van der Waals surface area contributed by atoms with Gasteiger partial charge >= 0.3 is 0 Å². The van der Waals surface area contributed by atoms with Gasteiger partial charge in [0.2, 0.25) is 0 Å². The quantitative estimate of drug-likeness (QED) is 0.840. The highest BCUT2D eigenvalue weighted by Gasteiger charge is 1.98. The zero-order valence-electron chi connectivity index (χ0n) is 10.2. The summed E-state index contributed by atoms with van der Waals surface area (Å²) in [5.74, 6) is 0. The summed E-state index contributed by atoms with van der Waals surface area (Å²) in [6.45, 7) is 6.62. The molecule has 3 nitrogen and oxygen atoms in total. The second-order valence-corrected chi connectivity index (χ2v) is 3.37. The molecule has 0 spiro atoms. The zero-order valence-corrected chi connectivity index (χ0v) is 10.2. The lowest BCUT2D eigenvalue weighted by Crippen LogP contribution is -2.02. The fourth-order valence-electron chi connectivity index (χ4n) is 1.47. The first kappa shape index (κ1) is 12.6. The van der Waals surface area contributed by atoms with Crippen molar-refractivity contribution in [2.24, 2.45) is 5.73 Å². The molecule has 3 heteroatoms. The first-order valence-electron chi connectivity index (χ1n) is 5.72. The first-order valence-corrected chi connectivity index (χ1v) is 5.72. The topological polar surface area (TPSA) is 51.8 Å². The van der Waals surface area contributed by atoms with Crippen molar-refractivity contribution >= 4 is 11.0 Å². The van der Waals surface area contributed by atoms with E-state index >= 15 is 0 Å². The van der Waals surface area contributed by atoms with Crippen LogP contribution in [-0.2, 0) is 6.42 Å². The number of nitrogens with two attached hydrogens (primary N) is 1. The Balaban J connectivity index is 0.000000606. The van der Waals surface area contributed by atoms with Crippen molar-refractivity contribution in [1.29, 1.82) is 0 Å². The molecular formula is C13H19N3. The summed E-state index contributed by atoms with van der Waals surface area (Å²) in [5.41, 5.74) is 9.56. The zero-order chi connectivity index (χ0) is 12.0. The Morgan fingerprint density at radius 3 is 2.62 bits per heavy atom. The van der Waals surface area contributed by atoms with Crippen LogP contribution in [-0.4, -0.2) is 16.5 Å². The molecule has 0 saturated carbocycles. The number of nitrogens with zero attached hydrogens (tertiary/aromatic N) is 2. The molecule has 0 bridgehead atoms. The Morgan fingerprint density at radius 1 is 1.19 bits per heavy atom. The second-order valence-electron chi connectivity index (χ2n) is 3.37. The molecule has 0 aliphatic rings. The Bertz CT molecular complexity index is 452. The number of hydrogen-bond donors (Lipinski definition) is 1. The first-order chi connectivity index (χ1) is 7.79. The van der Waals surface area contributed by atoms with Crippen LogP contribution < -0.4 is 5.73 Å². The maximum atomic E-state index is 5.49. The highest BCUT2D eigenvalue weighted by Crippen LogP contribution is 2.12. The van der Waals surface area contributed by atoms with Gasteiger partial charge in [0.25, 0.3) is 0 Å². The lowest BCUT2D eigenvalue weighted by molar-refractivity contribution is 0.969. The predicted octanol–water partition coefficient (Wildman–Crippen LogP) is 2.47. The lowest BCUT2D eigenvalue weighted by atomic mass is 10.1. The molecule has 1 aromatic heterocycles. The Hall–Kier alpha value is -1.48. The summed E-state index contributed by atoms with van der Waals surface area (Å²) in [5, 5.41) is 0. The SMILES string of the molecule is CC.Cc1cnc2cc(CCN)ccc2n1. The largest absolute Gasteiger partial charge is 0.330 e. The summed E-state index contributed by atoms with van der Waals surface area (Å²) in [6.07, 6.45) is 2.68. The van der Waals surface area contributed by atoms with Crippen LogP contribution in [0.15, 0.2) is 24.4 Å².